The summed E-state index contributed by atoms with van der Waals surface area (Å²) in [5, 5.41) is 9.14. The smallest absolute Gasteiger partial charge is 0.234 e. The molecule has 1 rings (SSSR count). The van der Waals surface area contributed by atoms with Crippen LogP contribution in [0.15, 0.2) is 0 Å². The molecule has 1 aliphatic rings. The van der Waals surface area contributed by atoms with Crippen LogP contribution in [0.25, 0.3) is 0 Å². The minimum Gasteiger partial charge on any atom is -0.395 e. The number of hydrogen-bond acceptors (Lipinski definition) is 3. The van der Waals surface area contributed by atoms with E-state index in [0.717, 1.165) is 13.0 Å². The van der Waals surface area contributed by atoms with E-state index in [-0.39, 0.29) is 24.6 Å². The van der Waals surface area contributed by atoms with Crippen molar-refractivity contribution in [2.75, 3.05) is 13.2 Å². The van der Waals surface area contributed by atoms with Crippen molar-refractivity contribution >= 4 is 5.91 Å². The summed E-state index contributed by atoms with van der Waals surface area (Å²) in [5.41, 5.74) is 5.22. The van der Waals surface area contributed by atoms with E-state index < -0.39 is 0 Å². The molecule has 0 spiro atoms. The summed E-state index contributed by atoms with van der Waals surface area (Å²) in [6, 6.07) is -0.162. The van der Waals surface area contributed by atoms with Crippen molar-refractivity contribution in [1.29, 1.82) is 0 Å². The van der Waals surface area contributed by atoms with E-state index in [1.807, 2.05) is 4.90 Å². The maximum atomic E-state index is 11.0. The van der Waals surface area contributed by atoms with Gasteiger partial charge in [0.25, 0.3) is 0 Å². The Morgan fingerprint density at radius 3 is 2.85 bits per heavy atom. The van der Waals surface area contributed by atoms with Crippen LogP contribution >= 0.6 is 0 Å². The van der Waals surface area contributed by atoms with Gasteiger partial charge in [-0.1, -0.05) is 6.92 Å². The summed E-state index contributed by atoms with van der Waals surface area (Å²) >= 11 is 0. The molecule has 0 aromatic carbocycles. The molecule has 76 valence electrons. The second-order valence-electron chi connectivity index (χ2n) is 3.83. The first kappa shape index (κ1) is 10.5. The van der Waals surface area contributed by atoms with Gasteiger partial charge in [-0.25, -0.2) is 0 Å². The lowest BCUT2D eigenvalue weighted by molar-refractivity contribution is -0.123. The van der Waals surface area contributed by atoms with Gasteiger partial charge in [0.15, 0.2) is 0 Å². The highest BCUT2D eigenvalue weighted by molar-refractivity contribution is 5.79. The lowest BCUT2D eigenvalue weighted by atomic mass is 10.0. The first-order valence-corrected chi connectivity index (χ1v) is 4.73. The van der Waals surface area contributed by atoms with Crippen molar-refractivity contribution in [1.82, 2.24) is 4.90 Å². The van der Waals surface area contributed by atoms with Gasteiger partial charge >= 0.3 is 0 Å². The van der Waals surface area contributed by atoms with Crippen molar-refractivity contribution in [3.05, 3.63) is 0 Å². The van der Waals surface area contributed by atoms with Gasteiger partial charge in [-0.15, -0.1) is 0 Å². The number of nitrogens with zero attached hydrogens (tertiary/aromatic N) is 1. The van der Waals surface area contributed by atoms with E-state index in [2.05, 4.69) is 6.92 Å². The van der Waals surface area contributed by atoms with Gasteiger partial charge in [0.2, 0.25) is 5.91 Å². The third kappa shape index (κ3) is 2.00. The number of rotatable bonds is 3. The molecule has 4 heteroatoms. The molecule has 1 fully saturated rings. The van der Waals surface area contributed by atoms with Crippen LogP contribution in [-0.2, 0) is 4.79 Å². The average molecular weight is 186 g/mol. The second-order valence-corrected chi connectivity index (χ2v) is 3.83. The molecule has 3 atom stereocenters. The van der Waals surface area contributed by atoms with Crippen molar-refractivity contribution < 1.29 is 9.90 Å². The number of likely N-dealkylation sites (tertiary alicyclic amines) is 1. The summed E-state index contributed by atoms with van der Waals surface area (Å²) in [7, 11) is 0. The van der Waals surface area contributed by atoms with Crippen molar-refractivity contribution in [2.24, 2.45) is 11.7 Å². The summed E-state index contributed by atoms with van der Waals surface area (Å²) < 4.78 is 0. The molecular weight excluding hydrogens is 168 g/mol. The molecule has 1 aliphatic heterocycles. The molecular formula is C9H18N2O2. The molecule has 4 nitrogen and oxygen atoms in total. The zero-order valence-electron chi connectivity index (χ0n) is 8.23. The van der Waals surface area contributed by atoms with Crippen LogP contribution in [0.2, 0.25) is 0 Å². The zero-order chi connectivity index (χ0) is 10.0. The molecule has 13 heavy (non-hydrogen) atoms. The summed E-state index contributed by atoms with van der Waals surface area (Å²) in [4.78, 5) is 12.9. The maximum absolute atomic E-state index is 11.0. The largest absolute Gasteiger partial charge is 0.395 e. The number of aliphatic hydroxyl groups is 1. The minimum atomic E-state index is -0.312. The number of nitrogens with two attached hydrogens (primary N) is 1. The van der Waals surface area contributed by atoms with E-state index in [1.54, 1.807) is 6.92 Å². The average Bonchev–Trinajstić information content (AvgIpc) is 2.45. The van der Waals surface area contributed by atoms with Crippen LogP contribution in [0, 0.1) is 5.92 Å². The lowest BCUT2D eigenvalue weighted by Gasteiger charge is -2.28. The highest BCUT2D eigenvalue weighted by Gasteiger charge is 2.35. The van der Waals surface area contributed by atoms with Crippen LogP contribution in [0.4, 0.5) is 0 Å². The van der Waals surface area contributed by atoms with Gasteiger partial charge in [-0.2, -0.15) is 0 Å². The van der Waals surface area contributed by atoms with Gasteiger partial charge in [-0.05, 0) is 25.8 Å². The Morgan fingerprint density at radius 2 is 2.38 bits per heavy atom. The molecule has 0 aromatic heterocycles. The van der Waals surface area contributed by atoms with Crippen molar-refractivity contribution in [3.63, 3.8) is 0 Å². The van der Waals surface area contributed by atoms with E-state index >= 15 is 0 Å². The predicted molar refractivity (Wildman–Crippen MR) is 50.0 cm³/mol. The van der Waals surface area contributed by atoms with Crippen molar-refractivity contribution in [3.8, 4) is 0 Å². The van der Waals surface area contributed by atoms with E-state index in [9.17, 15) is 4.79 Å². The fourth-order valence-corrected chi connectivity index (χ4v) is 1.97. The van der Waals surface area contributed by atoms with Gasteiger partial charge in [0, 0.05) is 6.04 Å². The Kier molecular flexibility index (Phi) is 3.27. The predicted octanol–water partition coefficient (Wildman–Crippen LogP) is -0.437. The number of carbonyl (C=O) groups is 1. The van der Waals surface area contributed by atoms with Gasteiger partial charge < -0.3 is 10.8 Å². The molecule has 0 saturated carbocycles. The van der Waals surface area contributed by atoms with Gasteiger partial charge in [0.05, 0.1) is 12.6 Å². The molecule has 0 bridgehead atoms. The fourth-order valence-electron chi connectivity index (χ4n) is 1.97. The molecule has 1 amide bonds. The second kappa shape index (κ2) is 4.07. The summed E-state index contributed by atoms with van der Waals surface area (Å²) in [5.74, 6) is 0.138. The van der Waals surface area contributed by atoms with E-state index in [4.69, 9.17) is 10.8 Å². The zero-order valence-corrected chi connectivity index (χ0v) is 8.23. The molecule has 0 aliphatic carbocycles. The number of amides is 1. The number of aliphatic hydroxyl groups excluding tert-OH is 1. The lowest BCUT2D eigenvalue weighted by Crippen LogP contribution is -2.47. The summed E-state index contributed by atoms with van der Waals surface area (Å²) in [6.07, 6.45) is 1.03. The van der Waals surface area contributed by atoms with Crippen LogP contribution in [0.3, 0.4) is 0 Å². The van der Waals surface area contributed by atoms with Gasteiger partial charge in [0.1, 0.15) is 0 Å². The SMILES string of the molecule is CC1CCN(C(C)C(N)=O)C1CO. The van der Waals surface area contributed by atoms with Gasteiger partial charge in [-0.3, -0.25) is 9.69 Å². The standard InChI is InChI=1S/C9H18N2O2/c1-6-3-4-11(8(6)5-12)7(2)9(10)13/h6-8,12H,3-5H2,1-2H3,(H2,10,13). The fraction of sp³-hybridized carbons (Fsp3) is 0.889. The van der Waals surface area contributed by atoms with Crippen LogP contribution in [0.1, 0.15) is 20.3 Å². The van der Waals surface area contributed by atoms with Crippen molar-refractivity contribution in [2.45, 2.75) is 32.4 Å². The third-order valence-corrected chi connectivity index (χ3v) is 3.02. The highest BCUT2D eigenvalue weighted by Crippen LogP contribution is 2.25. The number of hydrogen-bond donors (Lipinski definition) is 2. The molecule has 3 N–H and O–H groups in total. The quantitative estimate of drug-likeness (QED) is 0.628. The molecule has 1 heterocycles. The normalized spacial score (nSPS) is 31.9. The molecule has 3 unspecified atom stereocenters. The maximum Gasteiger partial charge on any atom is 0.234 e. The Morgan fingerprint density at radius 1 is 1.77 bits per heavy atom. The van der Waals surface area contributed by atoms with E-state index in [1.165, 1.54) is 0 Å². The Hall–Kier alpha value is -0.610. The molecule has 0 radical (unpaired) electrons. The Labute approximate surface area is 78.7 Å². The van der Waals surface area contributed by atoms with E-state index in [0.29, 0.717) is 5.92 Å². The Balaban J connectivity index is 2.64. The Bertz CT molecular complexity index is 196. The topological polar surface area (TPSA) is 66.6 Å². The minimum absolute atomic E-state index is 0.0995. The molecule has 1 saturated heterocycles. The number of primary amides is 1. The van der Waals surface area contributed by atoms with Crippen LogP contribution in [-0.4, -0.2) is 41.1 Å². The van der Waals surface area contributed by atoms with Crippen LogP contribution in [0.5, 0.6) is 0 Å². The van der Waals surface area contributed by atoms with Crippen LogP contribution < -0.4 is 5.73 Å². The third-order valence-electron chi connectivity index (χ3n) is 3.02. The first-order chi connectivity index (χ1) is 6.07. The highest BCUT2D eigenvalue weighted by atomic mass is 16.3. The first-order valence-electron chi connectivity index (χ1n) is 4.73. The summed E-state index contributed by atoms with van der Waals surface area (Å²) in [6.45, 7) is 4.85. The number of carbonyl (C=O) groups excluding carboxylic acids is 1. The molecule has 0 aromatic rings. The monoisotopic (exact) mass is 186 g/mol.